The Bertz CT molecular complexity index is 892. The molecule has 9 heteroatoms. The molecule has 1 aliphatic rings. The SMILES string of the molecule is O=C(O)c1cn(C2CC2F)c2c(F)c(F)c(F)c(O)c2c1=O. The lowest BCUT2D eigenvalue weighted by Gasteiger charge is -2.14. The third-order valence-electron chi connectivity index (χ3n) is 3.54. The monoisotopic (exact) mass is 317 g/mol. The summed E-state index contributed by atoms with van der Waals surface area (Å²) in [5.74, 6) is -9.06. The van der Waals surface area contributed by atoms with Crippen molar-refractivity contribution in [2.24, 2.45) is 0 Å². The average molecular weight is 317 g/mol. The molecule has 0 amide bonds. The summed E-state index contributed by atoms with van der Waals surface area (Å²) in [7, 11) is 0. The van der Waals surface area contributed by atoms with Gasteiger partial charge < -0.3 is 14.8 Å². The van der Waals surface area contributed by atoms with Gasteiger partial charge in [-0.25, -0.2) is 18.0 Å². The molecule has 5 nitrogen and oxygen atoms in total. The minimum absolute atomic E-state index is 0.101. The van der Waals surface area contributed by atoms with E-state index in [1.54, 1.807) is 0 Å². The molecule has 1 aromatic carbocycles. The highest BCUT2D eigenvalue weighted by Crippen LogP contribution is 2.42. The zero-order valence-electron chi connectivity index (χ0n) is 10.6. The Morgan fingerprint density at radius 3 is 2.32 bits per heavy atom. The first-order valence-electron chi connectivity index (χ1n) is 6.07. The fourth-order valence-electron chi connectivity index (χ4n) is 2.34. The van der Waals surface area contributed by atoms with Crippen LogP contribution in [-0.2, 0) is 0 Å². The highest BCUT2D eigenvalue weighted by Gasteiger charge is 2.41. The minimum atomic E-state index is -2.03. The highest BCUT2D eigenvalue weighted by atomic mass is 19.2. The Morgan fingerprint density at radius 2 is 1.82 bits per heavy atom. The Hall–Kier alpha value is -2.58. The average Bonchev–Trinajstić information content (AvgIpc) is 3.18. The Kier molecular flexibility index (Phi) is 2.91. The van der Waals surface area contributed by atoms with Crippen LogP contribution in [0.25, 0.3) is 10.9 Å². The van der Waals surface area contributed by atoms with Gasteiger partial charge in [0.25, 0.3) is 0 Å². The van der Waals surface area contributed by atoms with E-state index in [0.29, 0.717) is 10.8 Å². The molecule has 2 unspecified atom stereocenters. The van der Waals surface area contributed by atoms with Crippen molar-refractivity contribution in [1.29, 1.82) is 0 Å². The van der Waals surface area contributed by atoms with Gasteiger partial charge in [0.15, 0.2) is 17.4 Å². The summed E-state index contributed by atoms with van der Waals surface area (Å²) in [6.07, 6.45) is -0.880. The molecule has 1 fully saturated rings. The van der Waals surface area contributed by atoms with E-state index in [-0.39, 0.29) is 6.42 Å². The summed E-state index contributed by atoms with van der Waals surface area (Å²) >= 11 is 0. The van der Waals surface area contributed by atoms with Gasteiger partial charge in [-0.2, -0.15) is 4.39 Å². The predicted molar refractivity (Wildman–Crippen MR) is 65.3 cm³/mol. The van der Waals surface area contributed by atoms with Crippen molar-refractivity contribution >= 4 is 16.9 Å². The van der Waals surface area contributed by atoms with Crippen LogP contribution in [0.1, 0.15) is 22.8 Å². The van der Waals surface area contributed by atoms with Crippen LogP contribution in [0.5, 0.6) is 5.75 Å². The number of aromatic hydroxyl groups is 1. The van der Waals surface area contributed by atoms with Gasteiger partial charge in [-0.1, -0.05) is 0 Å². The predicted octanol–water partition coefficient (Wildman–Crippen LogP) is 2.11. The van der Waals surface area contributed by atoms with E-state index in [2.05, 4.69) is 0 Å². The minimum Gasteiger partial charge on any atom is -0.504 e. The van der Waals surface area contributed by atoms with Gasteiger partial charge in [0.1, 0.15) is 11.7 Å². The number of pyridine rings is 1. The van der Waals surface area contributed by atoms with Gasteiger partial charge in [-0.3, -0.25) is 4.79 Å². The first-order chi connectivity index (χ1) is 10.3. The van der Waals surface area contributed by atoms with Crippen LogP contribution >= 0.6 is 0 Å². The number of carboxylic acid groups (broad SMARTS) is 1. The van der Waals surface area contributed by atoms with Crippen LogP contribution < -0.4 is 5.43 Å². The number of phenolic OH excluding ortho intramolecular Hbond substituents is 1. The lowest BCUT2D eigenvalue weighted by atomic mass is 10.1. The first kappa shape index (κ1) is 14.4. The van der Waals surface area contributed by atoms with E-state index in [0.717, 1.165) is 0 Å². The number of nitrogens with zero attached hydrogens (tertiary/aromatic N) is 1. The standard InChI is InChI=1S/C13H7F4NO4/c14-4-1-5(4)18-2-3(13(21)22)11(19)6-10(18)8(16)7(15)9(17)12(6)20/h2,4-5,20H,1H2,(H,21,22). The van der Waals surface area contributed by atoms with Crippen molar-refractivity contribution in [3.05, 3.63) is 39.4 Å². The van der Waals surface area contributed by atoms with E-state index < -0.39 is 63.3 Å². The number of carbonyl (C=O) groups is 1. The second-order valence-corrected chi connectivity index (χ2v) is 4.92. The van der Waals surface area contributed by atoms with Crippen molar-refractivity contribution in [2.75, 3.05) is 0 Å². The molecule has 0 bridgehead atoms. The lowest BCUT2D eigenvalue weighted by Crippen LogP contribution is -2.20. The molecule has 1 aromatic heterocycles. The molecule has 0 spiro atoms. The number of fused-ring (bicyclic) bond motifs is 1. The molecule has 0 radical (unpaired) electrons. The lowest BCUT2D eigenvalue weighted by molar-refractivity contribution is 0.0694. The number of aromatic nitrogens is 1. The molecule has 2 N–H and O–H groups in total. The summed E-state index contributed by atoms with van der Waals surface area (Å²) in [5.41, 5.74) is -3.16. The maximum Gasteiger partial charge on any atom is 0.341 e. The second kappa shape index (κ2) is 4.46. The maximum absolute atomic E-state index is 14.0. The summed E-state index contributed by atoms with van der Waals surface area (Å²) < 4.78 is 54.8. The quantitative estimate of drug-likeness (QED) is 0.657. The molecule has 3 rings (SSSR count). The summed E-state index contributed by atoms with van der Waals surface area (Å²) in [4.78, 5) is 23.0. The van der Waals surface area contributed by atoms with Crippen LogP contribution in [0.15, 0.2) is 11.0 Å². The highest BCUT2D eigenvalue weighted by molar-refractivity contribution is 5.95. The number of benzene rings is 1. The molecule has 2 aromatic rings. The molecule has 1 heterocycles. The van der Waals surface area contributed by atoms with E-state index in [1.165, 1.54) is 0 Å². The summed E-state index contributed by atoms with van der Waals surface area (Å²) in [6.45, 7) is 0. The van der Waals surface area contributed by atoms with Gasteiger partial charge >= 0.3 is 5.97 Å². The molecule has 0 aliphatic heterocycles. The van der Waals surface area contributed by atoms with Gasteiger partial charge in [0.2, 0.25) is 11.2 Å². The van der Waals surface area contributed by atoms with E-state index in [1.807, 2.05) is 0 Å². The van der Waals surface area contributed by atoms with Crippen molar-refractivity contribution < 1.29 is 32.6 Å². The van der Waals surface area contributed by atoms with Gasteiger partial charge in [0.05, 0.1) is 16.9 Å². The third-order valence-corrected chi connectivity index (χ3v) is 3.54. The Labute approximate surface area is 119 Å². The molecule has 0 saturated heterocycles. The number of hydrogen-bond donors (Lipinski definition) is 2. The van der Waals surface area contributed by atoms with Crippen LogP contribution in [0.4, 0.5) is 17.6 Å². The van der Waals surface area contributed by atoms with Crippen LogP contribution in [0.3, 0.4) is 0 Å². The smallest absolute Gasteiger partial charge is 0.341 e. The molecular weight excluding hydrogens is 310 g/mol. The number of phenols is 1. The van der Waals surface area contributed by atoms with Crippen molar-refractivity contribution in [1.82, 2.24) is 4.57 Å². The van der Waals surface area contributed by atoms with Gasteiger partial charge in [-0.15, -0.1) is 0 Å². The normalized spacial score (nSPS) is 20.4. The van der Waals surface area contributed by atoms with Gasteiger partial charge in [0, 0.05) is 12.6 Å². The van der Waals surface area contributed by atoms with Crippen molar-refractivity contribution in [2.45, 2.75) is 18.6 Å². The largest absolute Gasteiger partial charge is 0.504 e. The van der Waals surface area contributed by atoms with Gasteiger partial charge in [-0.05, 0) is 0 Å². The second-order valence-electron chi connectivity index (χ2n) is 4.92. The number of halogens is 4. The zero-order chi connectivity index (χ0) is 16.3. The fourth-order valence-corrected chi connectivity index (χ4v) is 2.34. The summed E-state index contributed by atoms with van der Waals surface area (Å²) in [5, 5.41) is 17.5. The number of hydrogen-bond acceptors (Lipinski definition) is 3. The topological polar surface area (TPSA) is 79.5 Å². The molecule has 116 valence electrons. The van der Waals surface area contributed by atoms with Crippen molar-refractivity contribution in [3.63, 3.8) is 0 Å². The summed E-state index contributed by atoms with van der Waals surface area (Å²) in [6, 6.07) is -1.01. The molecule has 1 aliphatic carbocycles. The first-order valence-corrected chi connectivity index (χ1v) is 6.07. The number of carboxylic acids is 1. The van der Waals surface area contributed by atoms with E-state index in [9.17, 15) is 32.3 Å². The number of aromatic carboxylic acids is 1. The Morgan fingerprint density at radius 1 is 1.23 bits per heavy atom. The van der Waals surface area contributed by atoms with E-state index in [4.69, 9.17) is 5.11 Å². The third kappa shape index (κ3) is 1.78. The maximum atomic E-state index is 14.0. The molecular formula is C13H7F4NO4. The fraction of sp³-hybridized carbons (Fsp3) is 0.231. The molecule has 22 heavy (non-hydrogen) atoms. The zero-order valence-corrected chi connectivity index (χ0v) is 10.6. The Balaban J connectivity index is 2.56. The molecule has 2 atom stereocenters. The van der Waals surface area contributed by atoms with Crippen LogP contribution in [0, 0.1) is 17.5 Å². The van der Waals surface area contributed by atoms with E-state index >= 15 is 0 Å². The van der Waals surface area contributed by atoms with Crippen LogP contribution in [0.2, 0.25) is 0 Å². The number of alkyl halides is 1. The van der Waals surface area contributed by atoms with Crippen LogP contribution in [-0.4, -0.2) is 26.9 Å². The van der Waals surface area contributed by atoms with Crippen molar-refractivity contribution in [3.8, 4) is 5.75 Å². The number of rotatable bonds is 2. The molecule has 1 saturated carbocycles.